The lowest BCUT2D eigenvalue weighted by Gasteiger charge is -2.66. The molecule has 1 aliphatic heterocycles. The van der Waals surface area contributed by atoms with Crippen molar-refractivity contribution < 1.29 is 9.31 Å². The van der Waals surface area contributed by atoms with E-state index < -0.39 is 0 Å². The Morgan fingerprint density at radius 2 is 1.40 bits per heavy atom. The largest absolute Gasteiger partial charge is 0.494 e. The number of hydrogen-bond acceptors (Lipinski definition) is 2. The van der Waals surface area contributed by atoms with E-state index in [0.717, 1.165) is 35.5 Å². The van der Waals surface area contributed by atoms with Crippen molar-refractivity contribution in [3.63, 3.8) is 0 Å². The number of fused-ring (bicyclic) bond motifs is 5. The van der Waals surface area contributed by atoms with E-state index in [0.29, 0.717) is 22.2 Å². The highest BCUT2D eigenvalue weighted by Crippen LogP contribution is 2.73. The van der Waals surface area contributed by atoms with Gasteiger partial charge in [0.25, 0.3) is 0 Å². The molecule has 240 valence electrons. The first-order chi connectivity index (χ1) is 20.1. The molecule has 43 heavy (non-hydrogen) atoms. The molecule has 0 N–H and O–H groups in total. The van der Waals surface area contributed by atoms with Crippen LogP contribution < -0.4 is 5.46 Å². The van der Waals surface area contributed by atoms with Crippen molar-refractivity contribution in [2.75, 3.05) is 0 Å². The van der Waals surface area contributed by atoms with E-state index in [9.17, 15) is 0 Å². The normalized spacial score (nSPS) is 42.4. The predicted molar refractivity (Wildman–Crippen MR) is 183 cm³/mol. The van der Waals surface area contributed by atoms with Gasteiger partial charge in [-0.3, -0.25) is 0 Å². The summed E-state index contributed by atoms with van der Waals surface area (Å²) in [5, 5.41) is 0. The lowest BCUT2D eigenvalue weighted by Crippen LogP contribution is -2.58. The summed E-state index contributed by atoms with van der Waals surface area (Å²) in [5.74, 6) is 6.05. The number of benzene rings is 1. The molecule has 4 saturated carbocycles. The summed E-state index contributed by atoms with van der Waals surface area (Å²) < 4.78 is 12.9. The fourth-order valence-electron chi connectivity index (χ4n) is 12.2. The van der Waals surface area contributed by atoms with Crippen LogP contribution in [0.15, 0.2) is 24.3 Å². The lowest BCUT2D eigenvalue weighted by atomic mass is 9.39. The molecule has 3 heteroatoms. The number of hydrogen-bond donors (Lipinski definition) is 0. The Morgan fingerprint density at radius 1 is 0.744 bits per heavy atom. The van der Waals surface area contributed by atoms with Gasteiger partial charge in [-0.25, -0.2) is 0 Å². The molecule has 9 atom stereocenters. The van der Waals surface area contributed by atoms with E-state index in [1.807, 2.05) is 0 Å². The van der Waals surface area contributed by atoms with Crippen LogP contribution in [-0.4, -0.2) is 18.3 Å². The number of rotatable bonds is 7. The average Bonchev–Trinajstić information content (AvgIpc) is 3.40. The zero-order valence-corrected chi connectivity index (χ0v) is 29.7. The maximum Gasteiger partial charge on any atom is 0.494 e. The molecule has 1 aromatic carbocycles. The molecular weight excluding hydrogens is 523 g/mol. The monoisotopic (exact) mass is 589 g/mol. The molecule has 0 radical (unpaired) electrons. The fraction of sp³-hybridized carbons (Fsp3) is 0.850. The van der Waals surface area contributed by atoms with E-state index >= 15 is 0 Å². The minimum absolute atomic E-state index is 0.265. The van der Waals surface area contributed by atoms with Gasteiger partial charge in [0.15, 0.2) is 0 Å². The summed E-state index contributed by atoms with van der Waals surface area (Å²) in [4.78, 5) is 0. The van der Waals surface area contributed by atoms with Crippen LogP contribution in [0.5, 0.6) is 0 Å². The van der Waals surface area contributed by atoms with Crippen LogP contribution in [0.3, 0.4) is 0 Å². The van der Waals surface area contributed by atoms with Crippen LogP contribution >= 0.6 is 0 Å². The fourth-order valence-corrected chi connectivity index (χ4v) is 12.2. The molecule has 0 amide bonds. The van der Waals surface area contributed by atoms with Gasteiger partial charge in [0, 0.05) is 0 Å². The van der Waals surface area contributed by atoms with Crippen LogP contribution in [-0.2, 0) is 9.31 Å². The third-order valence-electron chi connectivity index (χ3n) is 15.4. The molecule has 1 aromatic rings. The first-order valence-electron chi connectivity index (χ1n) is 18.6. The van der Waals surface area contributed by atoms with E-state index in [4.69, 9.17) is 9.31 Å². The summed E-state index contributed by atoms with van der Waals surface area (Å²) in [6.07, 6.45) is 17.3. The van der Waals surface area contributed by atoms with Crippen molar-refractivity contribution in [1.29, 1.82) is 0 Å². The SMILES string of the molecule is CC(C)CCC[C@@H](C)[C@H]1CC[C@H]2[C@]3(C)CC[C@H]4CC(c5cccc(B6OC(C)(C)C(C)(C)O6)c5)CC[C@]4(C)[C@H]3CC[C@@]21C. The van der Waals surface area contributed by atoms with E-state index in [-0.39, 0.29) is 18.3 Å². The van der Waals surface area contributed by atoms with Gasteiger partial charge < -0.3 is 9.31 Å². The van der Waals surface area contributed by atoms with Gasteiger partial charge in [0.05, 0.1) is 11.2 Å². The lowest BCUT2D eigenvalue weighted by molar-refractivity contribution is -0.168. The van der Waals surface area contributed by atoms with Gasteiger partial charge in [-0.05, 0) is 154 Å². The van der Waals surface area contributed by atoms with Gasteiger partial charge in [0.1, 0.15) is 0 Å². The molecule has 2 nitrogen and oxygen atoms in total. The van der Waals surface area contributed by atoms with Crippen molar-refractivity contribution in [2.45, 2.75) is 163 Å². The molecule has 1 unspecified atom stereocenters. The molecule has 0 spiro atoms. The highest BCUT2D eigenvalue weighted by Gasteiger charge is 2.65. The summed E-state index contributed by atoms with van der Waals surface area (Å²) >= 11 is 0. The third-order valence-corrected chi connectivity index (χ3v) is 15.4. The van der Waals surface area contributed by atoms with E-state index in [1.54, 1.807) is 0 Å². The molecule has 6 rings (SSSR count). The zero-order valence-electron chi connectivity index (χ0n) is 29.7. The topological polar surface area (TPSA) is 18.5 Å². The maximum absolute atomic E-state index is 6.44. The molecule has 0 bridgehead atoms. The summed E-state index contributed by atoms with van der Waals surface area (Å²) in [6, 6.07) is 9.28. The second-order valence-electron chi connectivity index (χ2n) is 18.6. The van der Waals surface area contributed by atoms with E-state index in [2.05, 4.69) is 93.5 Å². The molecular formula is C40H65BO2. The predicted octanol–water partition coefficient (Wildman–Crippen LogP) is 10.6. The van der Waals surface area contributed by atoms with Crippen LogP contribution in [0.1, 0.15) is 158 Å². The highest BCUT2D eigenvalue weighted by atomic mass is 16.7. The molecule has 1 saturated heterocycles. The average molecular weight is 589 g/mol. The minimum Gasteiger partial charge on any atom is -0.399 e. The Kier molecular flexibility index (Phi) is 8.36. The van der Waals surface area contributed by atoms with Crippen molar-refractivity contribution in [2.24, 2.45) is 51.8 Å². The van der Waals surface area contributed by atoms with Gasteiger partial charge >= 0.3 is 7.12 Å². The van der Waals surface area contributed by atoms with Crippen LogP contribution in [0.25, 0.3) is 0 Å². The zero-order chi connectivity index (χ0) is 31.0. The first kappa shape index (κ1) is 32.2. The quantitative estimate of drug-likeness (QED) is 0.295. The van der Waals surface area contributed by atoms with Crippen LogP contribution in [0.4, 0.5) is 0 Å². The Balaban J connectivity index is 1.15. The molecule has 5 fully saturated rings. The van der Waals surface area contributed by atoms with E-state index in [1.165, 1.54) is 88.1 Å². The van der Waals surface area contributed by atoms with Gasteiger partial charge in [-0.1, -0.05) is 85.1 Å². The Hall–Kier alpha value is -0.795. The van der Waals surface area contributed by atoms with Crippen molar-refractivity contribution in [3.05, 3.63) is 29.8 Å². The summed E-state index contributed by atoms with van der Waals surface area (Å²) in [5.41, 5.74) is 3.73. The van der Waals surface area contributed by atoms with Crippen LogP contribution in [0, 0.1) is 51.8 Å². The molecule has 4 aliphatic carbocycles. The Labute approximate surface area is 266 Å². The second-order valence-corrected chi connectivity index (χ2v) is 18.6. The maximum atomic E-state index is 6.44. The highest BCUT2D eigenvalue weighted by molar-refractivity contribution is 6.62. The first-order valence-corrected chi connectivity index (χ1v) is 18.6. The van der Waals surface area contributed by atoms with Gasteiger partial charge in [-0.15, -0.1) is 0 Å². The minimum atomic E-state index is -0.295. The van der Waals surface area contributed by atoms with Gasteiger partial charge in [-0.2, -0.15) is 0 Å². The Bertz CT molecular complexity index is 1140. The smallest absolute Gasteiger partial charge is 0.399 e. The second kappa shape index (κ2) is 11.2. The van der Waals surface area contributed by atoms with Crippen LogP contribution in [0.2, 0.25) is 0 Å². The van der Waals surface area contributed by atoms with Gasteiger partial charge in [0.2, 0.25) is 0 Å². The molecule has 5 aliphatic rings. The molecule has 0 aromatic heterocycles. The summed E-state index contributed by atoms with van der Waals surface area (Å²) in [7, 11) is -0.265. The van der Waals surface area contributed by atoms with Crippen molar-refractivity contribution >= 4 is 12.6 Å². The van der Waals surface area contributed by atoms with Crippen molar-refractivity contribution in [3.8, 4) is 0 Å². The third kappa shape index (κ3) is 5.31. The standard InChI is InChI=1S/C40H65BO2/c1-27(2)13-11-14-28(3)33-17-18-34-39(33,9)24-21-35-38(8)22-19-30(25-31(38)20-23-40(34,35)10)29-15-12-16-32(26-29)41-42-36(4,5)37(6,7)43-41/h12,15-16,26-28,30-31,33-35H,11,13-14,17-25H2,1-10H3/t28-,30?,31+,33-,34-,35-,38+,39-,40+/m1/s1. The summed E-state index contributed by atoms with van der Waals surface area (Å²) in [6.45, 7) is 24.3. The Morgan fingerprint density at radius 3 is 2.09 bits per heavy atom. The molecule has 1 heterocycles. The van der Waals surface area contributed by atoms with Crippen molar-refractivity contribution in [1.82, 2.24) is 0 Å².